The van der Waals surface area contributed by atoms with Crippen molar-refractivity contribution in [2.45, 2.75) is 13.5 Å². The molecule has 1 heterocycles. The Bertz CT molecular complexity index is 852. The average molecular weight is 371 g/mol. The van der Waals surface area contributed by atoms with Crippen molar-refractivity contribution in [1.29, 1.82) is 0 Å². The molecular formula is C19H21ClN5O+. The first-order valence-corrected chi connectivity index (χ1v) is 8.85. The van der Waals surface area contributed by atoms with Crippen LogP contribution >= 0.6 is 11.6 Å². The summed E-state index contributed by atoms with van der Waals surface area (Å²) in [4.78, 5) is 17.7. The molecule has 2 N–H and O–H groups in total. The highest BCUT2D eigenvalue weighted by Gasteiger charge is 2.16. The number of aromatic nitrogens is 3. The molecule has 3 rings (SSSR count). The SMILES string of the molecule is CC[NH+](CC(=O)Nc1cc(Cl)ccc1-n1cncn1)Cc1ccccc1. The van der Waals surface area contributed by atoms with E-state index < -0.39 is 0 Å². The first-order valence-electron chi connectivity index (χ1n) is 8.47. The highest BCUT2D eigenvalue weighted by molar-refractivity contribution is 6.31. The topological polar surface area (TPSA) is 64.2 Å². The average Bonchev–Trinajstić information content (AvgIpc) is 3.16. The van der Waals surface area contributed by atoms with Crippen molar-refractivity contribution in [2.24, 2.45) is 0 Å². The Morgan fingerprint density at radius 3 is 2.73 bits per heavy atom. The first kappa shape index (κ1) is 18.1. The van der Waals surface area contributed by atoms with Crippen molar-refractivity contribution in [1.82, 2.24) is 14.8 Å². The Labute approximate surface area is 157 Å². The van der Waals surface area contributed by atoms with Gasteiger partial charge in [0.05, 0.1) is 17.9 Å². The number of nitrogens with one attached hydrogen (secondary N) is 2. The fourth-order valence-corrected chi connectivity index (χ4v) is 2.93. The van der Waals surface area contributed by atoms with Gasteiger partial charge in [-0.25, -0.2) is 9.67 Å². The van der Waals surface area contributed by atoms with Gasteiger partial charge >= 0.3 is 0 Å². The molecule has 1 atom stereocenters. The smallest absolute Gasteiger partial charge is 0.279 e. The van der Waals surface area contributed by atoms with E-state index >= 15 is 0 Å². The number of halogens is 1. The zero-order chi connectivity index (χ0) is 18.4. The van der Waals surface area contributed by atoms with Crippen LogP contribution < -0.4 is 10.2 Å². The third-order valence-electron chi connectivity index (χ3n) is 4.11. The van der Waals surface area contributed by atoms with Gasteiger partial charge in [-0.1, -0.05) is 41.9 Å². The number of anilines is 1. The number of benzene rings is 2. The lowest BCUT2D eigenvalue weighted by molar-refractivity contribution is -0.903. The molecule has 2 aromatic carbocycles. The van der Waals surface area contributed by atoms with E-state index in [1.807, 2.05) is 18.2 Å². The molecule has 0 aliphatic rings. The van der Waals surface area contributed by atoms with E-state index in [9.17, 15) is 4.79 Å². The summed E-state index contributed by atoms with van der Waals surface area (Å²) < 4.78 is 1.60. The second kappa shape index (κ2) is 8.60. The van der Waals surface area contributed by atoms with E-state index in [4.69, 9.17) is 11.6 Å². The minimum absolute atomic E-state index is 0.0681. The zero-order valence-corrected chi connectivity index (χ0v) is 15.3. The van der Waals surface area contributed by atoms with Crippen LogP contribution in [0.5, 0.6) is 0 Å². The summed E-state index contributed by atoms with van der Waals surface area (Å²) >= 11 is 6.10. The molecule has 6 nitrogen and oxygen atoms in total. The van der Waals surface area contributed by atoms with Gasteiger partial charge in [0.15, 0.2) is 6.54 Å². The van der Waals surface area contributed by atoms with Gasteiger partial charge in [-0.05, 0) is 25.1 Å². The van der Waals surface area contributed by atoms with E-state index in [1.54, 1.807) is 29.2 Å². The molecule has 0 aliphatic carbocycles. The van der Waals surface area contributed by atoms with E-state index in [2.05, 4.69) is 34.5 Å². The molecule has 0 radical (unpaired) electrons. The number of amides is 1. The number of carbonyl (C=O) groups excluding carboxylic acids is 1. The number of rotatable bonds is 7. The molecular weight excluding hydrogens is 350 g/mol. The fourth-order valence-electron chi connectivity index (χ4n) is 2.76. The fraction of sp³-hybridized carbons (Fsp3) is 0.211. The summed E-state index contributed by atoms with van der Waals surface area (Å²) in [5, 5.41) is 7.63. The Hall–Kier alpha value is -2.70. The second-order valence-electron chi connectivity index (χ2n) is 5.99. The maximum atomic E-state index is 12.6. The van der Waals surface area contributed by atoms with E-state index in [1.165, 1.54) is 16.8 Å². The van der Waals surface area contributed by atoms with Crippen LogP contribution in [0.15, 0.2) is 61.2 Å². The van der Waals surface area contributed by atoms with Crippen LogP contribution in [0.1, 0.15) is 12.5 Å². The van der Waals surface area contributed by atoms with Gasteiger partial charge in [0.1, 0.15) is 19.2 Å². The van der Waals surface area contributed by atoms with Crippen LogP contribution in [0.25, 0.3) is 5.69 Å². The normalized spacial score (nSPS) is 11.9. The van der Waals surface area contributed by atoms with Crippen LogP contribution in [-0.4, -0.2) is 33.8 Å². The Balaban J connectivity index is 1.70. The van der Waals surface area contributed by atoms with Gasteiger partial charge in [-0.2, -0.15) is 5.10 Å². The maximum Gasteiger partial charge on any atom is 0.279 e. The molecule has 1 aromatic heterocycles. The third kappa shape index (κ3) is 4.68. The molecule has 0 bridgehead atoms. The molecule has 7 heteroatoms. The number of likely N-dealkylation sites (N-methyl/N-ethyl adjacent to an activating group) is 1. The Morgan fingerprint density at radius 2 is 2.04 bits per heavy atom. The Morgan fingerprint density at radius 1 is 1.23 bits per heavy atom. The second-order valence-corrected chi connectivity index (χ2v) is 6.43. The molecule has 1 unspecified atom stereocenters. The van der Waals surface area contributed by atoms with Crippen LogP contribution in [0.2, 0.25) is 5.02 Å². The molecule has 3 aromatic rings. The van der Waals surface area contributed by atoms with Crippen LogP contribution in [-0.2, 0) is 11.3 Å². The van der Waals surface area contributed by atoms with E-state index in [-0.39, 0.29) is 5.91 Å². The number of quaternary nitrogens is 1. The minimum Gasteiger partial charge on any atom is -0.324 e. The van der Waals surface area contributed by atoms with E-state index in [0.717, 1.165) is 18.8 Å². The lowest BCUT2D eigenvalue weighted by atomic mass is 10.2. The summed E-state index contributed by atoms with van der Waals surface area (Å²) in [6, 6.07) is 15.5. The lowest BCUT2D eigenvalue weighted by Gasteiger charge is -2.18. The monoisotopic (exact) mass is 370 g/mol. The third-order valence-corrected chi connectivity index (χ3v) is 4.34. The standard InChI is InChI=1S/C19H20ClN5O/c1-2-24(11-15-6-4-3-5-7-15)12-19(26)23-17-10-16(20)8-9-18(17)25-14-21-13-22-25/h3-10,13-14H,2,11-12H2,1H3,(H,23,26)/p+1. The van der Waals surface area contributed by atoms with Crippen molar-refractivity contribution in [3.8, 4) is 5.69 Å². The molecule has 134 valence electrons. The maximum absolute atomic E-state index is 12.6. The van der Waals surface area contributed by atoms with Crippen LogP contribution in [0.4, 0.5) is 5.69 Å². The molecule has 0 saturated heterocycles. The van der Waals surface area contributed by atoms with Gasteiger partial charge in [-0.15, -0.1) is 0 Å². The summed E-state index contributed by atoms with van der Waals surface area (Å²) in [6.45, 7) is 4.10. The lowest BCUT2D eigenvalue weighted by Crippen LogP contribution is -3.11. The molecule has 26 heavy (non-hydrogen) atoms. The van der Waals surface area contributed by atoms with Gasteiger partial charge in [0.25, 0.3) is 5.91 Å². The van der Waals surface area contributed by atoms with E-state index in [0.29, 0.717) is 17.3 Å². The quantitative estimate of drug-likeness (QED) is 0.668. The zero-order valence-electron chi connectivity index (χ0n) is 14.5. The molecule has 0 fully saturated rings. The summed E-state index contributed by atoms with van der Waals surface area (Å²) in [5.74, 6) is -0.0681. The number of hydrogen-bond donors (Lipinski definition) is 2. The van der Waals surface area contributed by atoms with Gasteiger partial charge in [0.2, 0.25) is 0 Å². The summed E-state index contributed by atoms with van der Waals surface area (Å²) in [6.07, 6.45) is 3.03. The highest BCUT2D eigenvalue weighted by Crippen LogP contribution is 2.23. The largest absolute Gasteiger partial charge is 0.324 e. The molecule has 1 amide bonds. The number of nitrogens with zero attached hydrogens (tertiary/aromatic N) is 3. The van der Waals surface area contributed by atoms with Gasteiger partial charge in [-0.3, -0.25) is 4.79 Å². The van der Waals surface area contributed by atoms with Crippen molar-refractivity contribution in [3.63, 3.8) is 0 Å². The van der Waals surface area contributed by atoms with Crippen molar-refractivity contribution >= 4 is 23.2 Å². The Kier molecular flexibility index (Phi) is 5.99. The summed E-state index contributed by atoms with van der Waals surface area (Å²) in [7, 11) is 0. The van der Waals surface area contributed by atoms with Crippen LogP contribution in [0, 0.1) is 0 Å². The summed E-state index contributed by atoms with van der Waals surface area (Å²) in [5.41, 5.74) is 2.55. The van der Waals surface area contributed by atoms with Crippen LogP contribution in [0.3, 0.4) is 0 Å². The molecule has 0 saturated carbocycles. The van der Waals surface area contributed by atoms with Gasteiger partial charge < -0.3 is 10.2 Å². The number of carbonyl (C=O) groups is 1. The van der Waals surface area contributed by atoms with Crippen molar-refractivity contribution in [3.05, 3.63) is 71.8 Å². The minimum atomic E-state index is -0.0681. The molecule has 0 spiro atoms. The highest BCUT2D eigenvalue weighted by atomic mass is 35.5. The predicted molar refractivity (Wildman–Crippen MR) is 102 cm³/mol. The molecule has 0 aliphatic heterocycles. The van der Waals surface area contributed by atoms with Gasteiger partial charge in [0, 0.05) is 10.6 Å². The van der Waals surface area contributed by atoms with Crippen molar-refractivity contribution < 1.29 is 9.69 Å². The van der Waals surface area contributed by atoms with Crippen molar-refractivity contribution in [2.75, 3.05) is 18.4 Å². The number of hydrogen-bond acceptors (Lipinski definition) is 3. The predicted octanol–water partition coefficient (Wildman–Crippen LogP) is 1.96. The first-order chi connectivity index (χ1) is 12.7.